The lowest BCUT2D eigenvalue weighted by Gasteiger charge is -2.56. The second kappa shape index (κ2) is 12.9. The van der Waals surface area contributed by atoms with Gasteiger partial charge in [0.25, 0.3) is 0 Å². The first-order valence-electron chi connectivity index (χ1n) is 13.1. The van der Waals surface area contributed by atoms with Gasteiger partial charge in [0.1, 0.15) is 18.2 Å². The molecule has 0 amide bonds. The Morgan fingerprint density at radius 3 is 2.37 bits per heavy atom. The second-order valence-corrected chi connectivity index (χ2v) is 10.9. The van der Waals surface area contributed by atoms with Crippen molar-refractivity contribution in [3.05, 3.63) is 58.6 Å². The Morgan fingerprint density at radius 1 is 1.12 bits per heavy atom. The molecule has 0 radical (unpaired) electrons. The first-order chi connectivity index (χ1) is 19.2. The van der Waals surface area contributed by atoms with Crippen LogP contribution in [0.2, 0.25) is 5.02 Å². The first-order valence-corrected chi connectivity index (χ1v) is 13.5. The summed E-state index contributed by atoms with van der Waals surface area (Å²) >= 11 is 5.89. The van der Waals surface area contributed by atoms with Crippen molar-refractivity contribution in [2.75, 3.05) is 13.3 Å². The largest absolute Gasteiger partial charge is 0.492 e. The maximum Gasteiger partial charge on any atom is 0.418 e. The van der Waals surface area contributed by atoms with E-state index in [1.165, 1.54) is 6.92 Å². The molecule has 41 heavy (non-hydrogen) atoms. The Balaban J connectivity index is 2.03. The summed E-state index contributed by atoms with van der Waals surface area (Å²) < 4.78 is 78.3. The van der Waals surface area contributed by atoms with Crippen LogP contribution >= 0.6 is 11.6 Å². The number of carboxylic acid groups (broad SMARTS) is 2. The lowest BCUT2D eigenvalue weighted by Crippen LogP contribution is -2.70. The fourth-order valence-electron chi connectivity index (χ4n) is 6.05. The van der Waals surface area contributed by atoms with Crippen LogP contribution in [0.4, 0.5) is 22.0 Å². The molecule has 1 fully saturated rings. The van der Waals surface area contributed by atoms with E-state index in [1.807, 2.05) is 0 Å². The van der Waals surface area contributed by atoms with Crippen molar-refractivity contribution in [2.24, 2.45) is 10.8 Å². The Morgan fingerprint density at radius 2 is 1.80 bits per heavy atom. The minimum Gasteiger partial charge on any atom is -0.492 e. The monoisotopic (exact) mass is 606 g/mol. The first kappa shape index (κ1) is 32.5. The van der Waals surface area contributed by atoms with Crippen LogP contribution in [-0.4, -0.2) is 52.5 Å². The van der Waals surface area contributed by atoms with Gasteiger partial charge >= 0.3 is 18.1 Å². The number of ether oxygens (including phenoxy) is 1. The van der Waals surface area contributed by atoms with Gasteiger partial charge in [0.05, 0.1) is 40.3 Å². The third-order valence-corrected chi connectivity index (χ3v) is 8.49. The number of halogens is 6. The standard InChI is InChI=1S/C28H32ClF5N2O5/c1-16-27(25(39)40,11-5-3-4-6-13-41-17-8-7-12-35-15-17)23(26(2,24(37)38)20(14-30)36-16)21-19(31)10-9-18(29)22(21)28(32,33)34/h7-10,12,15-16,20,23,36H,3-6,11,13-14H2,1-2H3,(H,37,38)(H,39,40). The molecular weight excluding hydrogens is 575 g/mol. The van der Waals surface area contributed by atoms with Gasteiger partial charge in [-0.2, -0.15) is 13.2 Å². The summed E-state index contributed by atoms with van der Waals surface area (Å²) in [5.41, 5.74) is -7.62. The highest BCUT2D eigenvalue weighted by Crippen LogP contribution is 2.60. The number of aliphatic carboxylic acids is 2. The molecule has 226 valence electrons. The fourth-order valence-corrected chi connectivity index (χ4v) is 6.33. The highest BCUT2D eigenvalue weighted by molar-refractivity contribution is 6.31. The number of nitrogens with zero attached hydrogens (tertiary/aromatic N) is 1. The van der Waals surface area contributed by atoms with Crippen LogP contribution < -0.4 is 10.1 Å². The smallest absolute Gasteiger partial charge is 0.418 e. The van der Waals surface area contributed by atoms with Gasteiger partial charge in [-0.05, 0) is 51.0 Å². The molecule has 5 atom stereocenters. The zero-order chi connectivity index (χ0) is 30.6. The van der Waals surface area contributed by atoms with Crippen LogP contribution in [0.3, 0.4) is 0 Å². The number of nitrogens with one attached hydrogen (secondary N) is 1. The molecule has 3 N–H and O–H groups in total. The summed E-state index contributed by atoms with van der Waals surface area (Å²) in [6.45, 7) is 1.29. The number of aromatic nitrogens is 1. The van der Waals surface area contributed by atoms with Gasteiger partial charge in [-0.15, -0.1) is 0 Å². The van der Waals surface area contributed by atoms with E-state index in [-0.39, 0.29) is 12.8 Å². The van der Waals surface area contributed by atoms with Crippen molar-refractivity contribution in [3.8, 4) is 5.75 Å². The normalized spacial score (nSPS) is 26.5. The summed E-state index contributed by atoms with van der Waals surface area (Å²) in [6.07, 6.45) is -0.719. The average Bonchev–Trinajstić information content (AvgIpc) is 2.90. The van der Waals surface area contributed by atoms with E-state index in [0.717, 1.165) is 6.92 Å². The third kappa shape index (κ3) is 6.28. The maximum atomic E-state index is 15.5. The quantitative estimate of drug-likeness (QED) is 0.187. The van der Waals surface area contributed by atoms with E-state index in [0.29, 0.717) is 43.8 Å². The molecule has 0 bridgehead atoms. The molecule has 7 nitrogen and oxygen atoms in total. The number of alkyl halides is 4. The Labute approximate surface area is 239 Å². The Bertz CT molecular complexity index is 1230. The van der Waals surface area contributed by atoms with E-state index in [9.17, 15) is 37.4 Å². The number of carbonyl (C=O) groups is 2. The van der Waals surface area contributed by atoms with Crippen molar-refractivity contribution < 1.29 is 46.5 Å². The number of hydrogen-bond acceptors (Lipinski definition) is 5. The number of rotatable bonds is 12. The molecule has 1 aliphatic rings. The average molecular weight is 607 g/mol. The minimum absolute atomic E-state index is 0.154. The summed E-state index contributed by atoms with van der Waals surface area (Å²) in [6, 6.07) is 1.91. The molecular formula is C28H32ClF5N2O5. The molecule has 5 unspecified atom stereocenters. The molecule has 1 aromatic heterocycles. The van der Waals surface area contributed by atoms with E-state index in [4.69, 9.17) is 16.3 Å². The van der Waals surface area contributed by atoms with E-state index < -0.39 is 75.6 Å². The summed E-state index contributed by atoms with van der Waals surface area (Å²) in [5.74, 6) is -6.42. The van der Waals surface area contributed by atoms with Crippen molar-refractivity contribution in [1.82, 2.24) is 10.3 Å². The van der Waals surface area contributed by atoms with Crippen LogP contribution in [-0.2, 0) is 15.8 Å². The lowest BCUT2D eigenvalue weighted by atomic mass is 9.50. The molecule has 3 rings (SSSR count). The van der Waals surface area contributed by atoms with E-state index in [2.05, 4.69) is 10.3 Å². The molecule has 2 aromatic rings. The van der Waals surface area contributed by atoms with Crippen LogP contribution in [0.1, 0.15) is 63.0 Å². The minimum atomic E-state index is -5.26. The Kier molecular flexibility index (Phi) is 10.2. The zero-order valence-electron chi connectivity index (χ0n) is 22.5. The lowest BCUT2D eigenvalue weighted by molar-refractivity contribution is -0.174. The van der Waals surface area contributed by atoms with Gasteiger partial charge in [-0.1, -0.05) is 30.9 Å². The van der Waals surface area contributed by atoms with Gasteiger partial charge in [-0.25, -0.2) is 8.78 Å². The van der Waals surface area contributed by atoms with Crippen molar-refractivity contribution >= 4 is 23.5 Å². The number of unbranched alkanes of at least 4 members (excludes halogenated alkanes) is 3. The molecule has 0 saturated carbocycles. The van der Waals surface area contributed by atoms with Gasteiger partial charge in [0, 0.05) is 23.7 Å². The predicted molar refractivity (Wildman–Crippen MR) is 140 cm³/mol. The highest BCUT2D eigenvalue weighted by atomic mass is 35.5. The van der Waals surface area contributed by atoms with Gasteiger partial charge in [0.2, 0.25) is 0 Å². The topological polar surface area (TPSA) is 109 Å². The summed E-state index contributed by atoms with van der Waals surface area (Å²) in [4.78, 5) is 29.7. The van der Waals surface area contributed by atoms with E-state index in [1.54, 1.807) is 24.5 Å². The number of carboxylic acids is 2. The van der Waals surface area contributed by atoms with Gasteiger partial charge in [0.15, 0.2) is 0 Å². The molecule has 2 heterocycles. The molecule has 1 aliphatic heterocycles. The summed E-state index contributed by atoms with van der Waals surface area (Å²) in [5, 5.41) is 22.7. The molecule has 13 heteroatoms. The van der Waals surface area contributed by atoms with Gasteiger partial charge in [-0.3, -0.25) is 14.6 Å². The van der Waals surface area contributed by atoms with Crippen LogP contribution in [0.25, 0.3) is 0 Å². The van der Waals surface area contributed by atoms with Crippen LogP contribution in [0, 0.1) is 16.6 Å². The molecule has 1 saturated heterocycles. The maximum absolute atomic E-state index is 15.5. The van der Waals surface area contributed by atoms with Crippen LogP contribution in [0.15, 0.2) is 36.7 Å². The van der Waals surface area contributed by atoms with Gasteiger partial charge < -0.3 is 20.3 Å². The summed E-state index contributed by atoms with van der Waals surface area (Å²) in [7, 11) is 0. The molecule has 0 aliphatic carbocycles. The zero-order valence-corrected chi connectivity index (χ0v) is 23.2. The van der Waals surface area contributed by atoms with Crippen molar-refractivity contribution in [1.29, 1.82) is 0 Å². The van der Waals surface area contributed by atoms with Crippen LogP contribution in [0.5, 0.6) is 5.75 Å². The SMILES string of the molecule is CC1NC(CF)C(C)(C(=O)O)C(c2c(F)ccc(Cl)c2C(F)(F)F)C1(CCCCCCOc1cccnc1)C(=O)O. The predicted octanol–water partition coefficient (Wildman–Crippen LogP) is 6.50. The number of hydrogen-bond donors (Lipinski definition) is 3. The number of piperidine rings is 1. The number of pyridine rings is 1. The number of benzene rings is 1. The second-order valence-electron chi connectivity index (χ2n) is 10.5. The molecule has 0 spiro atoms. The fraction of sp³-hybridized carbons (Fsp3) is 0.536. The van der Waals surface area contributed by atoms with Crippen molar-refractivity contribution in [2.45, 2.75) is 70.1 Å². The van der Waals surface area contributed by atoms with Crippen molar-refractivity contribution in [3.63, 3.8) is 0 Å². The Hall–Kier alpha value is -2.99. The third-order valence-electron chi connectivity index (χ3n) is 8.18. The molecule has 1 aromatic carbocycles. The van der Waals surface area contributed by atoms with E-state index >= 15 is 4.39 Å². The highest BCUT2D eigenvalue weighted by Gasteiger charge is 2.67.